The fourth-order valence-corrected chi connectivity index (χ4v) is 6.98. The number of carbonyl (C=O) groups excluding carboxylic acids is 2. The van der Waals surface area contributed by atoms with Crippen molar-refractivity contribution in [1.82, 2.24) is 10.2 Å². The maximum atomic E-state index is 14.7. The summed E-state index contributed by atoms with van der Waals surface area (Å²) in [6, 6.07) is 24.2. The van der Waals surface area contributed by atoms with Crippen LogP contribution in [0.2, 0.25) is 10.0 Å². The van der Waals surface area contributed by atoms with E-state index >= 15 is 0 Å². The highest BCUT2D eigenvalue weighted by Gasteiger charge is 2.36. The summed E-state index contributed by atoms with van der Waals surface area (Å²) in [5.41, 5.74) is 2.30. The summed E-state index contributed by atoms with van der Waals surface area (Å²) in [5, 5.41) is 3.63. The van der Waals surface area contributed by atoms with E-state index in [1.165, 1.54) is 37.3 Å². The highest BCUT2D eigenvalue weighted by Crippen LogP contribution is 2.36. The number of benzene rings is 4. The van der Waals surface area contributed by atoms with Crippen LogP contribution in [0.4, 0.5) is 5.69 Å². The zero-order valence-corrected chi connectivity index (χ0v) is 29.6. The van der Waals surface area contributed by atoms with Gasteiger partial charge in [0.05, 0.1) is 24.8 Å². The molecule has 4 aromatic carbocycles. The van der Waals surface area contributed by atoms with Gasteiger partial charge in [-0.2, -0.15) is 0 Å². The quantitative estimate of drug-likeness (QED) is 0.148. The smallest absolute Gasteiger partial charge is 0.264 e. The van der Waals surface area contributed by atoms with Gasteiger partial charge in [-0.15, -0.1) is 0 Å². The van der Waals surface area contributed by atoms with Gasteiger partial charge < -0.3 is 19.7 Å². The van der Waals surface area contributed by atoms with Gasteiger partial charge in [0.25, 0.3) is 10.0 Å². The Balaban J connectivity index is 1.88. The van der Waals surface area contributed by atoms with E-state index in [2.05, 4.69) is 5.32 Å². The number of rotatable bonds is 15. The van der Waals surface area contributed by atoms with Crippen molar-refractivity contribution < 1.29 is 27.5 Å². The maximum absolute atomic E-state index is 14.7. The molecule has 12 heteroatoms. The second-order valence-electron chi connectivity index (χ2n) is 11.1. The standard InChI is InChI=1S/C36H39Cl2N3O6S/c1-5-19-39-36(43)33(20-26-9-7-6-8-10-26)40(23-27-13-14-28(37)21-31(27)38)35(42)24-41(32-22-29(46-3)15-18-34(32)47-4)48(44,45)30-16-11-25(2)12-17-30/h6-18,21-22,33H,5,19-20,23-24H2,1-4H3,(H,39,43). The summed E-state index contributed by atoms with van der Waals surface area (Å²) < 4.78 is 40.8. The molecule has 0 fully saturated rings. The van der Waals surface area contributed by atoms with Crippen LogP contribution < -0.4 is 19.1 Å². The monoisotopic (exact) mass is 711 g/mol. The van der Waals surface area contributed by atoms with Crippen LogP contribution in [0.25, 0.3) is 0 Å². The molecule has 0 saturated heterocycles. The van der Waals surface area contributed by atoms with Gasteiger partial charge in [0.15, 0.2) is 0 Å². The number of hydrogen-bond donors (Lipinski definition) is 1. The molecule has 4 aromatic rings. The number of amides is 2. The van der Waals surface area contributed by atoms with E-state index in [0.717, 1.165) is 15.4 Å². The molecule has 0 saturated carbocycles. The molecule has 0 heterocycles. The summed E-state index contributed by atoms with van der Waals surface area (Å²) >= 11 is 12.8. The minimum absolute atomic E-state index is 0.0282. The zero-order chi connectivity index (χ0) is 34.8. The van der Waals surface area contributed by atoms with E-state index in [1.54, 1.807) is 42.5 Å². The van der Waals surface area contributed by atoms with E-state index in [9.17, 15) is 18.0 Å². The van der Waals surface area contributed by atoms with Crippen molar-refractivity contribution in [1.29, 1.82) is 0 Å². The Bertz CT molecular complexity index is 1820. The summed E-state index contributed by atoms with van der Waals surface area (Å²) in [4.78, 5) is 29.9. The van der Waals surface area contributed by atoms with Crippen LogP contribution in [-0.4, -0.2) is 58.5 Å². The molecule has 0 aliphatic heterocycles. The van der Waals surface area contributed by atoms with Gasteiger partial charge in [-0.25, -0.2) is 8.42 Å². The minimum atomic E-state index is -4.36. The van der Waals surface area contributed by atoms with Crippen molar-refractivity contribution in [3.8, 4) is 11.5 Å². The molecular formula is C36H39Cl2N3O6S. The van der Waals surface area contributed by atoms with Crippen LogP contribution in [0.1, 0.15) is 30.0 Å². The third-order valence-corrected chi connectivity index (χ3v) is 10.1. The van der Waals surface area contributed by atoms with E-state index in [1.807, 2.05) is 44.2 Å². The summed E-state index contributed by atoms with van der Waals surface area (Å²) in [6.07, 6.45) is 0.847. The number of carbonyl (C=O) groups is 2. The number of hydrogen-bond acceptors (Lipinski definition) is 6. The predicted molar refractivity (Wildman–Crippen MR) is 190 cm³/mol. The van der Waals surface area contributed by atoms with Gasteiger partial charge in [0, 0.05) is 35.6 Å². The molecule has 0 spiro atoms. The van der Waals surface area contributed by atoms with Crippen LogP contribution in [-0.2, 0) is 32.6 Å². The third kappa shape index (κ3) is 9.00. The lowest BCUT2D eigenvalue weighted by Gasteiger charge is -2.34. The Labute approximate surface area is 292 Å². The molecule has 0 aliphatic rings. The highest BCUT2D eigenvalue weighted by molar-refractivity contribution is 7.92. The number of halogens is 2. The molecule has 48 heavy (non-hydrogen) atoms. The largest absolute Gasteiger partial charge is 0.497 e. The van der Waals surface area contributed by atoms with E-state index in [4.69, 9.17) is 32.7 Å². The van der Waals surface area contributed by atoms with Gasteiger partial charge in [0.1, 0.15) is 24.1 Å². The summed E-state index contributed by atoms with van der Waals surface area (Å²) in [6.45, 7) is 3.40. The topological polar surface area (TPSA) is 105 Å². The molecule has 1 N–H and O–H groups in total. The predicted octanol–water partition coefficient (Wildman–Crippen LogP) is 6.68. The number of ether oxygens (including phenoxy) is 2. The van der Waals surface area contributed by atoms with Gasteiger partial charge >= 0.3 is 0 Å². The Kier molecular flexibility index (Phi) is 12.7. The summed E-state index contributed by atoms with van der Waals surface area (Å²) in [7, 11) is -1.49. The Morgan fingerprint density at radius 1 is 0.896 bits per heavy atom. The lowest BCUT2D eigenvalue weighted by Crippen LogP contribution is -2.53. The second kappa shape index (κ2) is 16.7. The van der Waals surface area contributed by atoms with Crippen LogP contribution in [0.3, 0.4) is 0 Å². The highest BCUT2D eigenvalue weighted by atomic mass is 35.5. The van der Waals surface area contributed by atoms with Gasteiger partial charge in [0.2, 0.25) is 11.8 Å². The van der Waals surface area contributed by atoms with Crippen molar-refractivity contribution in [2.45, 2.75) is 44.2 Å². The average Bonchev–Trinajstić information content (AvgIpc) is 3.08. The molecule has 4 rings (SSSR count). The molecule has 254 valence electrons. The first-order valence-electron chi connectivity index (χ1n) is 15.3. The molecule has 0 aromatic heterocycles. The SMILES string of the molecule is CCCNC(=O)C(Cc1ccccc1)N(Cc1ccc(Cl)cc1Cl)C(=O)CN(c1cc(OC)ccc1OC)S(=O)(=O)c1ccc(C)cc1. The van der Waals surface area contributed by atoms with Crippen molar-refractivity contribution in [3.05, 3.63) is 118 Å². The fourth-order valence-electron chi connectivity index (χ4n) is 5.10. The van der Waals surface area contributed by atoms with E-state index in [0.29, 0.717) is 34.3 Å². The zero-order valence-electron chi connectivity index (χ0n) is 27.3. The normalized spacial score (nSPS) is 11.8. The number of methoxy groups -OCH3 is 2. The molecule has 1 atom stereocenters. The number of nitrogens with one attached hydrogen (secondary N) is 1. The van der Waals surface area contributed by atoms with Crippen molar-refractivity contribution in [2.75, 3.05) is 31.6 Å². The number of anilines is 1. The van der Waals surface area contributed by atoms with E-state index < -0.39 is 28.5 Å². The Morgan fingerprint density at radius 2 is 1.60 bits per heavy atom. The first kappa shape index (κ1) is 36.6. The molecule has 0 aliphatic carbocycles. The van der Waals surface area contributed by atoms with E-state index in [-0.39, 0.29) is 35.2 Å². The Hall–Kier alpha value is -4.25. The maximum Gasteiger partial charge on any atom is 0.264 e. The number of aryl methyl sites for hydroxylation is 1. The molecular weight excluding hydrogens is 673 g/mol. The summed E-state index contributed by atoms with van der Waals surface area (Å²) in [5.74, 6) is -0.471. The molecule has 0 radical (unpaired) electrons. The minimum Gasteiger partial charge on any atom is -0.497 e. The third-order valence-electron chi connectivity index (χ3n) is 7.72. The molecule has 2 amide bonds. The van der Waals surface area contributed by atoms with Crippen LogP contribution in [0, 0.1) is 6.92 Å². The van der Waals surface area contributed by atoms with Gasteiger partial charge in [-0.3, -0.25) is 13.9 Å². The lowest BCUT2D eigenvalue weighted by atomic mass is 10.0. The van der Waals surface area contributed by atoms with Crippen molar-refractivity contribution in [2.24, 2.45) is 0 Å². The van der Waals surface area contributed by atoms with Crippen LogP contribution in [0.5, 0.6) is 11.5 Å². The molecule has 9 nitrogen and oxygen atoms in total. The average molecular weight is 713 g/mol. The van der Waals surface area contributed by atoms with Crippen LogP contribution in [0.15, 0.2) is 95.9 Å². The second-order valence-corrected chi connectivity index (χ2v) is 13.8. The van der Waals surface area contributed by atoms with Gasteiger partial charge in [-0.05, 0) is 60.9 Å². The number of nitrogens with zero attached hydrogens (tertiary/aromatic N) is 2. The lowest BCUT2D eigenvalue weighted by molar-refractivity contribution is -0.140. The first-order valence-corrected chi connectivity index (χ1v) is 17.5. The molecule has 0 bridgehead atoms. The fraction of sp³-hybridized carbons (Fsp3) is 0.278. The van der Waals surface area contributed by atoms with Gasteiger partial charge in [-0.1, -0.05) is 84.2 Å². The number of sulfonamides is 1. The van der Waals surface area contributed by atoms with Crippen molar-refractivity contribution in [3.63, 3.8) is 0 Å². The van der Waals surface area contributed by atoms with Crippen LogP contribution >= 0.6 is 23.2 Å². The first-order chi connectivity index (χ1) is 23.0. The molecule has 1 unspecified atom stereocenters. The Morgan fingerprint density at radius 3 is 2.23 bits per heavy atom. The van der Waals surface area contributed by atoms with Crippen molar-refractivity contribution >= 4 is 50.7 Å².